The number of amides is 1. The minimum atomic E-state index is -0.667. The first-order valence-corrected chi connectivity index (χ1v) is 11.2. The van der Waals surface area contributed by atoms with Gasteiger partial charge in [-0.2, -0.15) is 12.6 Å². The molecule has 0 aliphatic rings. The lowest BCUT2D eigenvalue weighted by molar-refractivity contribution is -0.141. The van der Waals surface area contributed by atoms with Crippen LogP contribution in [0.1, 0.15) is 25.0 Å². The number of benzene rings is 2. The van der Waals surface area contributed by atoms with Gasteiger partial charge in [0.05, 0.1) is 19.0 Å². The molecular weight excluding hydrogens is 486 g/mol. The van der Waals surface area contributed by atoms with E-state index in [9.17, 15) is 9.59 Å². The van der Waals surface area contributed by atoms with Crippen molar-refractivity contribution >= 4 is 46.3 Å². The minimum Gasteiger partial charge on any atom is -0.491 e. The molecule has 0 spiro atoms. The number of hydrogen-bond donors (Lipinski definition) is 3. The average Bonchev–Trinajstić information content (AvgIpc) is 2.77. The van der Waals surface area contributed by atoms with Gasteiger partial charge in [0.1, 0.15) is 18.5 Å². The van der Waals surface area contributed by atoms with Crippen LogP contribution < -0.4 is 10.1 Å². The molecule has 0 aliphatic heterocycles. The first kappa shape index (κ1) is 25.0. The van der Waals surface area contributed by atoms with Crippen LogP contribution in [0.5, 0.6) is 5.75 Å². The number of halogens is 1. The maximum Gasteiger partial charge on any atom is 0.412 e. The fraction of sp³-hybridized carbons (Fsp3) is 0.364. The number of aliphatic hydroxyl groups excluding tert-OH is 1. The molecule has 0 aromatic heterocycles. The quantitative estimate of drug-likeness (QED) is 0.301. The van der Waals surface area contributed by atoms with Crippen LogP contribution in [0.3, 0.4) is 0 Å². The molecule has 7 nitrogen and oxygen atoms in total. The molecule has 2 rings (SSSR count). The van der Waals surface area contributed by atoms with Crippen molar-refractivity contribution in [1.82, 2.24) is 0 Å². The molecule has 2 atom stereocenters. The number of hydrogen-bond acceptors (Lipinski definition) is 7. The second-order valence-corrected chi connectivity index (χ2v) is 7.94. The summed E-state index contributed by atoms with van der Waals surface area (Å²) in [6.45, 7) is 2.05. The van der Waals surface area contributed by atoms with E-state index in [1.165, 1.54) is 0 Å². The average molecular weight is 512 g/mol. The number of ether oxygens (including phenoxy) is 3. The largest absolute Gasteiger partial charge is 0.491 e. The fourth-order valence-corrected chi connectivity index (χ4v) is 3.20. The summed E-state index contributed by atoms with van der Waals surface area (Å²) in [5.74, 6) is -0.0889. The summed E-state index contributed by atoms with van der Waals surface area (Å²) in [7, 11) is 0. The van der Waals surface area contributed by atoms with Gasteiger partial charge in [0.2, 0.25) is 0 Å². The fourth-order valence-electron chi connectivity index (χ4n) is 2.84. The molecule has 0 saturated heterocycles. The smallest absolute Gasteiger partial charge is 0.412 e. The zero-order chi connectivity index (χ0) is 22.6. The third-order valence-electron chi connectivity index (χ3n) is 4.38. The molecular formula is C22H26BrNO6S. The highest BCUT2D eigenvalue weighted by atomic mass is 79.9. The van der Waals surface area contributed by atoms with Crippen LogP contribution in [0.25, 0.3) is 0 Å². The lowest BCUT2D eigenvalue weighted by Crippen LogP contribution is -2.24. The summed E-state index contributed by atoms with van der Waals surface area (Å²) >= 11 is 7.24. The van der Waals surface area contributed by atoms with Crippen molar-refractivity contribution in [1.29, 1.82) is 0 Å². The van der Waals surface area contributed by atoms with Crippen molar-refractivity contribution in [2.24, 2.45) is 5.92 Å². The van der Waals surface area contributed by atoms with Gasteiger partial charge in [-0.25, -0.2) is 4.79 Å². The monoisotopic (exact) mass is 511 g/mol. The Kier molecular flexibility index (Phi) is 10.7. The lowest BCUT2D eigenvalue weighted by Gasteiger charge is -2.26. The molecule has 0 saturated carbocycles. The Bertz CT molecular complexity index is 848. The first-order valence-electron chi connectivity index (χ1n) is 9.76. The molecule has 1 amide bonds. The molecule has 0 heterocycles. The Morgan fingerprint density at radius 3 is 2.52 bits per heavy atom. The van der Waals surface area contributed by atoms with Gasteiger partial charge in [-0.05, 0) is 36.8 Å². The van der Waals surface area contributed by atoms with Crippen LogP contribution in [-0.2, 0) is 14.3 Å². The van der Waals surface area contributed by atoms with Gasteiger partial charge < -0.3 is 19.3 Å². The van der Waals surface area contributed by atoms with Crippen molar-refractivity contribution in [3.63, 3.8) is 0 Å². The predicted octanol–water partition coefficient (Wildman–Crippen LogP) is 4.61. The summed E-state index contributed by atoms with van der Waals surface area (Å²) in [4.78, 5) is 24.0. The zero-order valence-electron chi connectivity index (χ0n) is 17.1. The van der Waals surface area contributed by atoms with Crippen molar-refractivity contribution in [2.75, 3.05) is 30.9 Å². The lowest BCUT2D eigenvalue weighted by atomic mass is 9.94. The maximum atomic E-state index is 12.6. The Morgan fingerprint density at radius 1 is 1.13 bits per heavy atom. The second kappa shape index (κ2) is 13.2. The Morgan fingerprint density at radius 2 is 1.84 bits per heavy atom. The molecule has 0 bridgehead atoms. The van der Waals surface area contributed by atoms with E-state index in [-0.39, 0.29) is 31.5 Å². The molecule has 0 unspecified atom stereocenters. The molecule has 168 valence electrons. The highest BCUT2D eigenvalue weighted by Gasteiger charge is 2.27. The summed E-state index contributed by atoms with van der Waals surface area (Å²) in [6, 6.07) is 14.3. The van der Waals surface area contributed by atoms with E-state index in [1.54, 1.807) is 30.3 Å². The van der Waals surface area contributed by atoms with Gasteiger partial charge in [-0.3, -0.25) is 10.1 Å². The van der Waals surface area contributed by atoms with Crippen LogP contribution >= 0.6 is 28.6 Å². The zero-order valence-corrected chi connectivity index (χ0v) is 19.6. The van der Waals surface area contributed by atoms with Crippen LogP contribution in [0.2, 0.25) is 0 Å². The molecule has 31 heavy (non-hydrogen) atoms. The van der Waals surface area contributed by atoms with Gasteiger partial charge in [-0.15, -0.1) is 0 Å². The number of carbonyl (C=O) groups excluding carboxylic acids is 2. The number of nitrogens with one attached hydrogen (secondary N) is 1. The molecule has 2 aromatic rings. The topological polar surface area (TPSA) is 94.1 Å². The van der Waals surface area contributed by atoms with Crippen LogP contribution in [-0.4, -0.2) is 42.7 Å². The summed E-state index contributed by atoms with van der Waals surface area (Å²) in [5, 5.41) is 11.8. The number of anilines is 1. The number of carbonyl (C=O) groups is 2. The SMILES string of the molecule is C[C@@H](CCOC(=O)CS)[C@@H](OC(=O)Nc1ccc(Br)cc1)c1ccccc1OCCO. The van der Waals surface area contributed by atoms with Crippen molar-refractivity contribution in [3.8, 4) is 5.75 Å². The molecule has 2 aromatic carbocycles. The van der Waals surface area contributed by atoms with Crippen LogP contribution in [0.4, 0.5) is 10.5 Å². The maximum absolute atomic E-state index is 12.6. The summed E-state index contributed by atoms with van der Waals surface area (Å²) < 4.78 is 17.4. The predicted molar refractivity (Wildman–Crippen MR) is 125 cm³/mol. The number of thiol groups is 1. The van der Waals surface area contributed by atoms with E-state index in [0.29, 0.717) is 23.4 Å². The minimum absolute atomic E-state index is 0.00172. The second-order valence-electron chi connectivity index (χ2n) is 6.71. The molecule has 0 radical (unpaired) electrons. The highest BCUT2D eigenvalue weighted by molar-refractivity contribution is 9.10. The third kappa shape index (κ3) is 8.43. The molecule has 0 aliphatic carbocycles. The van der Waals surface area contributed by atoms with E-state index in [0.717, 1.165) is 4.47 Å². The van der Waals surface area contributed by atoms with E-state index < -0.39 is 18.2 Å². The Balaban J connectivity index is 2.17. The Labute approximate surface area is 195 Å². The third-order valence-corrected chi connectivity index (χ3v) is 5.17. The van der Waals surface area contributed by atoms with Gasteiger partial charge in [0, 0.05) is 21.6 Å². The van der Waals surface area contributed by atoms with Crippen molar-refractivity contribution in [3.05, 3.63) is 58.6 Å². The highest BCUT2D eigenvalue weighted by Crippen LogP contribution is 2.35. The van der Waals surface area contributed by atoms with E-state index in [2.05, 4.69) is 33.9 Å². The van der Waals surface area contributed by atoms with E-state index >= 15 is 0 Å². The number of rotatable bonds is 11. The number of esters is 1. The molecule has 0 fully saturated rings. The Hall–Kier alpha value is -2.23. The molecule has 9 heteroatoms. The van der Waals surface area contributed by atoms with Gasteiger partial charge in [-0.1, -0.05) is 41.1 Å². The van der Waals surface area contributed by atoms with Crippen molar-refractivity contribution in [2.45, 2.75) is 19.4 Å². The van der Waals surface area contributed by atoms with Gasteiger partial charge >= 0.3 is 12.1 Å². The van der Waals surface area contributed by atoms with E-state index in [1.807, 2.05) is 25.1 Å². The molecule has 2 N–H and O–H groups in total. The first-order chi connectivity index (χ1) is 14.9. The normalized spacial score (nSPS) is 12.5. The van der Waals surface area contributed by atoms with Gasteiger partial charge in [0.25, 0.3) is 0 Å². The summed E-state index contributed by atoms with van der Waals surface area (Å²) in [5.41, 5.74) is 1.25. The van der Waals surface area contributed by atoms with Gasteiger partial charge in [0.15, 0.2) is 0 Å². The van der Waals surface area contributed by atoms with Crippen LogP contribution in [0, 0.1) is 5.92 Å². The van der Waals surface area contributed by atoms with E-state index in [4.69, 9.17) is 19.3 Å². The standard InChI is InChI=1S/C22H26BrNO6S/c1-15(10-12-29-20(26)14-31)21(18-4-2-3-5-19(18)28-13-11-25)30-22(27)24-17-8-6-16(23)7-9-17/h2-9,15,21,25,31H,10-14H2,1H3,(H,24,27)/t15-,21+/m0/s1. The van der Waals surface area contributed by atoms with Crippen LogP contribution in [0.15, 0.2) is 53.0 Å². The number of aliphatic hydroxyl groups is 1. The van der Waals surface area contributed by atoms with Crippen molar-refractivity contribution < 1.29 is 28.9 Å². The number of para-hydroxylation sites is 1. The summed E-state index contributed by atoms with van der Waals surface area (Å²) in [6.07, 6.45) is -0.826.